The van der Waals surface area contributed by atoms with Gasteiger partial charge in [-0.1, -0.05) is 0 Å². The maximum Gasteiger partial charge on any atom is 0.262 e. The van der Waals surface area contributed by atoms with E-state index in [2.05, 4.69) is 15.0 Å². The summed E-state index contributed by atoms with van der Waals surface area (Å²) in [5.41, 5.74) is 1.53. The summed E-state index contributed by atoms with van der Waals surface area (Å²) in [5, 5.41) is 2.34. The Kier molecular flexibility index (Phi) is 3.81. The van der Waals surface area contributed by atoms with Crippen LogP contribution in [0, 0.1) is 19.7 Å². The largest absolute Gasteiger partial charge is 0.290 e. The van der Waals surface area contributed by atoms with Crippen molar-refractivity contribution < 1.29 is 4.39 Å². The molecule has 0 amide bonds. The third-order valence-electron chi connectivity index (χ3n) is 4.12. The van der Waals surface area contributed by atoms with E-state index in [0.717, 1.165) is 10.4 Å². The Balaban J connectivity index is 1.91. The first kappa shape index (κ1) is 16.2. The number of aryl methyl sites for hydroxylation is 2. The van der Waals surface area contributed by atoms with Crippen LogP contribution in [0.1, 0.15) is 10.4 Å². The van der Waals surface area contributed by atoms with Gasteiger partial charge in [-0.2, -0.15) is 0 Å². The Labute approximate surface area is 150 Å². The number of hydrogen-bond acceptors (Lipinski definition) is 6. The van der Waals surface area contributed by atoms with Crippen LogP contribution in [0.2, 0.25) is 0 Å². The molecule has 8 heteroatoms. The lowest BCUT2D eigenvalue weighted by atomic mass is 10.2. The van der Waals surface area contributed by atoms with E-state index in [4.69, 9.17) is 0 Å². The highest BCUT2D eigenvalue weighted by Crippen LogP contribution is 2.32. The Morgan fingerprint density at radius 1 is 1.24 bits per heavy atom. The molecule has 4 aromatic rings. The summed E-state index contributed by atoms with van der Waals surface area (Å²) in [7, 11) is 1.69. The summed E-state index contributed by atoms with van der Waals surface area (Å²) >= 11 is 2.74. The van der Waals surface area contributed by atoms with Gasteiger partial charge >= 0.3 is 0 Å². The van der Waals surface area contributed by atoms with Gasteiger partial charge in [-0.05, 0) is 49.4 Å². The number of hydrogen-bond donors (Lipinski definition) is 0. The molecule has 0 spiro atoms. The second-order valence-corrected chi connectivity index (χ2v) is 7.82. The molecule has 0 fully saturated rings. The number of fused-ring (bicyclic) bond motifs is 2. The van der Waals surface area contributed by atoms with Crippen molar-refractivity contribution in [1.82, 2.24) is 19.5 Å². The Bertz CT molecular complexity index is 1200. The third-order valence-corrected chi connectivity index (χ3v) is 6.29. The maximum absolute atomic E-state index is 13.6. The van der Waals surface area contributed by atoms with Crippen LogP contribution in [0.4, 0.5) is 4.39 Å². The SMILES string of the molecule is Cc1sc2nc(Sc3ncnc4ccc(F)cc34)n(C)c(=O)c2c1C. The first-order valence-electron chi connectivity index (χ1n) is 7.50. The molecule has 0 aliphatic carbocycles. The van der Waals surface area contributed by atoms with E-state index < -0.39 is 0 Å². The van der Waals surface area contributed by atoms with E-state index in [1.807, 2.05) is 13.8 Å². The zero-order chi connectivity index (χ0) is 17.7. The van der Waals surface area contributed by atoms with Gasteiger partial charge in [-0.15, -0.1) is 11.3 Å². The molecule has 4 rings (SSSR count). The summed E-state index contributed by atoms with van der Waals surface area (Å²) in [6, 6.07) is 4.37. The minimum Gasteiger partial charge on any atom is -0.290 e. The predicted octanol–water partition coefficient (Wildman–Crippen LogP) is 3.85. The third kappa shape index (κ3) is 2.61. The van der Waals surface area contributed by atoms with Gasteiger partial charge < -0.3 is 0 Å². The number of aromatic nitrogens is 4. The molecule has 0 N–H and O–H groups in total. The van der Waals surface area contributed by atoms with Crippen molar-refractivity contribution in [3.05, 3.63) is 51.1 Å². The lowest BCUT2D eigenvalue weighted by Crippen LogP contribution is -2.19. The van der Waals surface area contributed by atoms with Crippen LogP contribution >= 0.6 is 23.1 Å². The van der Waals surface area contributed by atoms with Gasteiger partial charge in [0, 0.05) is 17.3 Å². The van der Waals surface area contributed by atoms with Crippen molar-refractivity contribution >= 4 is 44.2 Å². The van der Waals surface area contributed by atoms with Crippen molar-refractivity contribution in [3.63, 3.8) is 0 Å². The number of thiophene rings is 1. The Hall–Kier alpha value is -2.32. The zero-order valence-corrected chi connectivity index (χ0v) is 15.3. The van der Waals surface area contributed by atoms with Gasteiger partial charge in [0.2, 0.25) is 0 Å². The van der Waals surface area contributed by atoms with E-state index in [1.54, 1.807) is 13.1 Å². The van der Waals surface area contributed by atoms with Gasteiger partial charge in [-0.3, -0.25) is 9.36 Å². The van der Waals surface area contributed by atoms with Gasteiger partial charge in [0.05, 0.1) is 10.9 Å². The first-order chi connectivity index (χ1) is 12.0. The maximum atomic E-state index is 13.6. The molecule has 3 heterocycles. The quantitative estimate of drug-likeness (QED) is 0.395. The smallest absolute Gasteiger partial charge is 0.262 e. The highest BCUT2D eigenvalue weighted by molar-refractivity contribution is 7.99. The van der Waals surface area contributed by atoms with Crippen LogP contribution < -0.4 is 5.56 Å². The molecule has 0 bridgehead atoms. The van der Waals surface area contributed by atoms with Crippen molar-refractivity contribution in [2.45, 2.75) is 24.0 Å². The van der Waals surface area contributed by atoms with Crippen LogP contribution in [-0.4, -0.2) is 19.5 Å². The molecule has 0 atom stereocenters. The zero-order valence-electron chi connectivity index (χ0n) is 13.7. The minimum atomic E-state index is -0.356. The number of halogens is 1. The van der Waals surface area contributed by atoms with E-state index in [9.17, 15) is 9.18 Å². The van der Waals surface area contributed by atoms with Crippen LogP contribution in [-0.2, 0) is 7.05 Å². The molecule has 0 aliphatic rings. The van der Waals surface area contributed by atoms with Crippen LogP contribution in [0.15, 0.2) is 39.5 Å². The van der Waals surface area contributed by atoms with Gasteiger partial charge in [0.1, 0.15) is 22.0 Å². The number of benzene rings is 1. The fraction of sp³-hybridized carbons (Fsp3) is 0.176. The molecule has 126 valence electrons. The summed E-state index contributed by atoms with van der Waals surface area (Å²) in [5.74, 6) is -0.356. The first-order valence-corrected chi connectivity index (χ1v) is 9.14. The number of rotatable bonds is 2. The van der Waals surface area contributed by atoms with E-state index in [0.29, 0.717) is 31.3 Å². The summed E-state index contributed by atoms with van der Waals surface area (Å²) < 4.78 is 15.1. The highest BCUT2D eigenvalue weighted by atomic mass is 32.2. The van der Waals surface area contributed by atoms with Crippen LogP contribution in [0.25, 0.3) is 21.1 Å². The van der Waals surface area contributed by atoms with Gasteiger partial charge in [0.25, 0.3) is 5.56 Å². The van der Waals surface area contributed by atoms with E-state index >= 15 is 0 Å². The molecule has 5 nitrogen and oxygen atoms in total. The van der Waals surface area contributed by atoms with Crippen molar-refractivity contribution in [1.29, 1.82) is 0 Å². The predicted molar refractivity (Wildman–Crippen MR) is 98.0 cm³/mol. The van der Waals surface area contributed by atoms with Crippen LogP contribution in [0.3, 0.4) is 0 Å². The Morgan fingerprint density at radius 2 is 2.04 bits per heavy atom. The van der Waals surface area contributed by atoms with Gasteiger partial charge in [0.15, 0.2) is 5.16 Å². The normalized spacial score (nSPS) is 11.5. The molecular weight excluding hydrogens is 359 g/mol. The minimum absolute atomic E-state index is 0.0844. The highest BCUT2D eigenvalue weighted by Gasteiger charge is 2.17. The Morgan fingerprint density at radius 3 is 2.84 bits per heavy atom. The molecule has 1 aromatic carbocycles. The van der Waals surface area contributed by atoms with Crippen molar-refractivity contribution in [3.8, 4) is 0 Å². The molecule has 0 saturated carbocycles. The fourth-order valence-corrected chi connectivity index (χ4v) is 4.60. The molecular formula is C17H13FN4OS2. The molecule has 0 radical (unpaired) electrons. The lowest BCUT2D eigenvalue weighted by Gasteiger charge is -2.08. The van der Waals surface area contributed by atoms with Gasteiger partial charge in [-0.25, -0.2) is 19.3 Å². The standard InChI is InChI=1S/C17H13FN4OS2/c1-8-9(2)24-15-13(8)16(23)22(3)17(21-15)25-14-11-6-10(18)4-5-12(11)19-7-20-14/h4-7H,1-3H3. The second kappa shape index (κ2) is 5.89. The van der Waals surface area contributed by atoms with E-state index in [-0.39, 0.29) is 11.4 Å². The molecule has 25 heavy (non-hydrogen) atoms. The second-order valence-electron chi connectivity index (χ2n) is 5.66. The molecule has 0 saturated heterocycles. The van der Waals surface area contributed by atoms with Crippen molar-refractivity contribution in [2.24, 2.45) is 7.05 Å². The number of nitrogens with zero attached hydrogens (tertiary/aromatic N) is 4. The average Bonchev–Trinajstić information content (AvgIpc) is 2.87. The molecule has 3 aromatic heterocycles. The summed E-state index contributed by atoms with van der Waals surface area (Å²) in [4.78, 5) is 27.5. The molecule has 0 aliphatic heterocycles. The topological polar surface area (TPSA) is 60.7 Å². The monoisotopic (exact) mass is 372 g/mol. The lowest BCUT2D eigenvalue weighted by molar-refractivity contribution is 0.629. The van der Waals surface area contributed by atoms with E-state index in [1.165, 1.54) is 46.1 Å². The van der Waals surface area contributed by atoms with Crippen LogP contribution in [0.5, 0.6) is 0 Å². The summed E-state index contributed by atoms with van der Waals surface area (Å²) in [6.07, 6.45) is 1.43. The van der Waals surface area contributed by atoms with Crippen molar-refractivity contribution in [2.75, 3.05) is 0 Å². The average molecular weight is 372 g/mol. The fourth-order valence-electron chi connectivity index (χ4n) is 2.62. The molecule has 0 unspecified atom stereocenters. The summed E-state index contributed by atoms with van der Waals surface area (Å²) in [6.45, 7) is 3.92.